The van der Waals surface area contributed by atoms with E-state index in [1.54, 1.807) is 24.3 Å². The topological polar surface area (TPSA) is 52.4 Å². The fraction of sp³-hybridized carbons (Fsp3) is 0.200. The summed E-state index contributed by atoms with van der Waals surface area (Å²) in [5.74, 6) is 0.628. The van der Waals surface area contributed by atoms with Crippen molar-refractivity contribution in [2.24, 2.45) is 0 Å². The van der Waals surface area contributed by atoms with Crippen molar-refractivity contribution in [2.75, 3.05) is 13.0 Å². The second-order valence-electron chi connectivity index (χ2n) is 2.75. The van der Waals surface area contributed by atoms with Crippen LogP contribution in [0.1, 0.15) is 5.56 Å². The maximum absolute atomic E-state index is 10.7. The Morgan fingerprint density at radius 2 is 2.33 bits per heavy atom. The molecular weight excluding hydrogens is 218 g/mol. The Morgan fingerprint density at radius 1 is 1.60 bits per heavy atom. The molecule has 0 aromatic heterocycles. The Kier molecular flexibility index (Phi) is 4.12. The van der Waals surface area contributed by atoms with Gasteiger partial charge in [-0.1, -0.05) is 18.2 Å². The van der Waals surface area contributed by atoms with Crippen LogP contribution in [-0.2, 0) is 0 Å². The van der Waals surface area contributed by atoms with E-state index in [0.717, 1.165) is 5.56 Å². The Labute approximate surface area is 92.3 Å². The Bertz CT molecular complexity index is 390. The summed E-state index contributed by atoms with van der Waals surface area (Å²) >= 11 is 5.47. The summed E-state index contributed by atoms with van der Waals surface area (Å²) in [7, 11) is 1.40. The molecule has 0 amide bonds. The summed E-state index contributed by atoms with van der Waals surface area (Å²) in [5, 5.41) is 10.7. The molecule has 0 saturated carbocycles. The molecule has 0 saturated heterocycles. The number of alkyl halides is 1. The van der Waals surface area contributed by atoms with Crippen molar-refractivity contribution >= 4 is 23.4 Å². The molecule has 0 bridgehead atoms. The average Bonchev–Trinajstić information content (AvgIpc) is 2.25. The number of halogens is 1. The summed E-state index contributed by atoms with van der Waals surface area (Å²) in [5.41, 5.74) is 0.678. The first-order valence-corrected chi connectivity index (χ1v) is 4.77. The van der Waals surface area contributed by atoms with E-state index in [-0.39, 0.29) is 11.4 Å². The molecule has 0 unspecified atom stereocenters. The molecule has 0 aliphatic heterocycles. The van der Waals surface area contributed by atoms with Gasteiger partial charge in [0.1, 0.15) is 0 Å². The van der Waals surface area contributed by atoms with Gasteiger partial charge >= 0.3 is 5.69 Å². The van der Waals surface area contributed by atoms with Crippen molar-refractivity contribution in [3.63, 3.8) is 0 Å². The highest BCUT2D eigenvalue weighted by Crippen LogP contribution is 2.27. The van der Waals surface area contributed by atoms with Crippen molar-refractivity contribution in [1.82, 2.24) is 0 Å². The fourth-order valence-electron chi connectivity index (χ4n) is 1.13. The maximum Gasteiger partial charge on any atom is 0.311 e. The highest BCUT2D eigenvalue weighted by molar-refractivity contribution is 6.19. The third-order valence-electron chi connectivity index (χ3n) is 1.80. The molecule has 0 aliphatic carbocycles. The number of benzene rings is 1. The SMILES string of the molecule is COc1ccc(/C=C/CCl)cc1[N+](=O)[O-]. The van der Waals surface area contributed by atoms with Crippen molar-refractivity contribution in [3.05, 3.63) is 40.0 Å². The molecule has 0 N–H and O–H groups in total. The Balaban J connectivity index is 3.10. The molecule has 0 aliphatic rings. The summed E-state index contributed by atoms with van der Waals surface area (Å²) < 4.78 is 4.87. The van der Waals surface area contributed by atoms with Gasteiger partial charge in [0.15, 0.2) is 5.75 Å². The van der Waals surface area contributed by atoms with Crippen LogP contribution in [0.3, 0.4) is 0 Å². The summed E-state index contributed by atoms with van der Waals surface area (Å²) in [6.07, 6.45) is 3.44. The van der Waals surface area contributed by atoms with Crippen LogP contribution in [0.5, 0.6) is 5.75 Å². The van der Waals surface area contributed by atoms with Crippen LogP contribution in [-0.4, -0.2) is 17.9 Å². The van der Waals surface area contributed by atoms with Gasteiger partial charge in [-0.3, -0.25) is 10.1 Å². The first kappa shape index (κ1) is 11.5. The van der Waals surface area contributed by atoms with Crippen LogP contribution < -0.4 is 4.74 Å². The van der Waals surface area contributed by atoms with Gasteiger partial charge in [0.2, 0.25) is 0 Å². The fourth-order valence-corrected chi connectivity index (χ4v) is 1.22. The normalized spacial score (nSPS) is 10.5. The lowest BCUT2D eigenvalue weighted by atomic mass is 10.2. The summed E-state index contributed by atoms with van der Waals surface area (Å²) in [4.78, 5) is 10.2. The number of nitro groups is 1. The smallest absolute Gasteiger partial charge is 0.311 e. The zero-order valence-corrected chi connectivity index (χ0v) is 8.90. The minimum Gasteiger partial charge on any atom is -0.490 e. The van der Waals surface area contributed by atoms with E-state index in [9.17, 15) is 10.1 Å². The van der Waals surface area contributed by atoms with Gasteiger partial charge in [-0.15, -0.1) is 11.6 Å². The molecule has 0 atom stereocenters. The number of nitrogens with zero attached hydrogens (tertiary/aromatic N) is 1. The predicted octanol–water partition coefficient (Wildman–Crippen LogP) is 2.86. The van der Waals surface area contributed by atoms with Gasteiger partial charge in [-0.05, 0) is 11.6 Å². The van der Waals surface area contributed by atoms with E-state index < -0.39 is 4.92 Å². The van der Waals surface area contributed by atoms with Crippen molar-refractivity contribution in [3.8, 4) is 5.75 Å². The summed E-state index contributed by atoms with van der Waals surface area (Å²) in [6.45, 7) is 0. The maximum atomic E-state index is 10.7. The molecule has 5 heteroatoms. The van der Waals surface area contributed by atoms with Crippen molar-refractivity contribution in [1.29, 1.82) is 0 Å². The third kappa shape index (κ3) is 2.95. The number of hydrogen-bond acceptors (Lipinski definition) is 3. The quantitative estimate of drug-likeness (QED) is 0.452. The minimum atomic E-state index is -0.475. The number of methoxy groups -OCH3 is 1. The van der Waals surface area contributed by atoms with E-state index >= 15 is 0 Å². The molecule has 0 radical (unpaired) electrons. The van der Waals surface area contributed by atoms with Gasteiger partial charge < -0.3 is 4.74 Å². The molecule has 4 nitrogen and oxygen atoms in total. The number of ether oxygens (including phenoxy) is 1. The summed E-state index contributed by atoms with van der Waals surface area (Å²) in [6, 6.07) is 4.74. The average molecular weight is 228 g/mol. The van der Waals surface area contributed by atoms with Crippen LogP contribution in [0.25, 0.3) is 6.08 Å². The molecular formula is C10H10ClNO3. The molecule has 0 spiro atoms. The van der Waals surface area contributed by atoms with Crippen LogP contribution in [0.4, 0.5) is 5.69 Å². The van der Waals surface area contributed by atoms with Gasteiger partial charge in [-0.2, -0.15) is 0 Å². The third-order valence-corrected chi connectivity index (χ3v) is 1.98. The first-order valence-electron chi connectivity index (χ1n) is 4.24. The minimum absolute atomic E-state index is 0.0470. The van der Waals surface area contributed by atoms with Crippen LogP contribution in [0.15, 0.2) is 24.3 Å². The first-order chi connectivity index (χ1) is 7.19. The second-order valence-corrected chi connectivity index (χ2v) is 3.05. The number of rotatable bonds is 4. The van der Waals surface area contributed by atoms with E-state index in [4.69, 9.17) is 16.3 Å². The number of hydrogen-bond donors (Lipinski definition) is 0. The molecule has 80 valence electrons. The number of nitro benzene ring substituents is 1. The highest BCUT2D eigenvalue weighted by atomic mass is 35.5. The van der Waals surface area contributed by atoms with Crippen LogP contribution in [0.2, 0.25) is 0 Å². The van der Waals surface area contributed by atoms with E-state index in [1.165, 1.54) is 13.2 Å². The van der Waals surface area contributed by atoms with E-state index in [1.807, 2.05) is 0 Å². The highest BCUT2D eigenvalue weighted by Gasteiger charge is 2.13. The predicted molar refractivity (Wildman–Crippen MR) is 59.4 cm³/mol. The van der Waals surface area contributed by atoms with Gasteiger partial charge in [0, 0.05) is 11.9 Å². The molecule has 0 heterocycles. The van der Waals surface area contributed by atoms with E-state index in [0.29, 0.717) is 5.88 Å². The monoisotopic (exact) mass is 227 g/mol. The van der Waals surface area contributed by atoms with E-state index in [2.05, 4.69) is 0 Å². The molecule has 0 fully saturated rings. The van der Waals surface area contributed by atoms with Crippen LogP contribution >= 0.6 is 11.6 Å². The Hall–Kier alpha value is -1.55. The van der Waals surface area contributed by atoms with Crippen molar-refractivity contribution < 1.29 is 9.66 Å². The molecule has 1 aromatic carbocycles. The zero-order valence-electron chi connectivity index (χ0n) is 8.14. The lowest BCUT2D eigenvalue weighted by Crippen LogP contribution is -1.93. The zero-order chi connectivity index (χ0) is 11.3. The lowest BCUT2D eigenvalue weighted by Gasteiger charge is -2.01. The molecule has 1 aromatic rings. The van der Waals surface area contributed by atoms with Crippen molar-refractivity contribution in [2.45, 2.75) is 0 Å². The van der Waals surface area contributed by atoms with Gasteiger partial charge in [0.25, 0.3) is 0 Å². The van der Waals surface area contributed by atoms with Gasteiger partial charge in [0.05, 0.1) is 12.0 Å². The lowest BCUT2D eigenvalue weighted by molar-refractivity contribution is -0.385. The van der Waals surface area contributed by atoms with Gasteiger partial charge in [-0.25, -0.2) is 0 Å². The standard InChI is InChI=1S/C10H10ClNO3/c1-15-10-5-4-8(3-2-6-11)7-9(10)12(13)14/h2-5,7H,6H2,1H3/b3-2+. The number of allylic oxidation sites excluding steroid dienone is 1. The second kappa shape index (κ2) is 5.36. The molecule has 1 rings (SSSR count). The Morgan fingerprint density at radius 3 is 2.87 bits per heavy atom. The largest absolute Gasteiger partial charge is 0.490 e. The van der Waals surface area contributed by atoms with Crippen LogP contribution in [0, 0.1) is 10.1 Å². The molecule has 15 heavy (non-hydrogen) atoms.